The Bertz CT molecular complexity index is 611. The third-order valence-electron chi connectivity index (χ3n) is 4.07. The van der Waals surface area contributed by atoms with Crippen LogP contribution in [-0.4, -0.2) is 43.4 Å². The Labute approximate surface area is 160 Å². The molecule has 1 heterocycles. The summed E-state index contributed by atoms with van der Waals surface area (Å²) >= 11 is 1.47. The first kappa shape index (κ1) is 20.8. The molecule has 0 spiro atoms. The summed E-state index contributed by atoms with van der Waals surface area (Å²) in [6.07, 6.45) is 3.74. The normalized spacial score (nSPS) is 21.5. The summed E-state index contributed by atoms with van der Waals surface area (Å²) in [6, 6.07) is 7.65. The molecule has 0 bridgehead atoms. The number of benzene rings is 1. The molecule has 2 rings (SSSR count). The number of esters is 1. The van der Waals surface area contributed by atoms with Crippen molar-refractivity contribution in [3.8, 4) is 5.75 Å². The van der Waals surface area contributed by atoms with Crippen LogP contribution in [0.1, 0.15) is 27.7 Å². The number of rotatable bonds is 8. The quantitative estimate of drug-likeness (QED) is 0.385. The van der Waals surface area contributed by atoms with Gasteiger partial charge in [-0.1, -0.05) is 12.2 Å². The van der Waals surface area contributed by atoms with Gasteiger partial charge >= 0.3 is 5.97 Å². The molecule has 144 valence electrons. The molecule has 1 aromatic rings. The molecule has 6 heteroatoms. The van der Waals surface area contributed by atoms with Gasteiger partial charge in [-0.25, -0.2) is 0 Å². The van der Waals surface area contributed by atoms with E-state index in [4.69, 9.17) is 18.9 Å². The Hall–Kier alpha value is -1.50. The van der Waals surface area contributed by atoms with Gasteiger partial charge in [-0.15, -0.1) is 11.8 Å². The molecular formula is C20H28O5S. The fourth-order valence-electron chi connectivity index (χ4n) is 2.86. The van der Waals surface area contributed by atoms with E-state index in [-0.39, 0.29) is 18.0 Å². The van der Waals surface area contributed by atoms with Crippen LogP contribution in [0.15, 0.2) is 41.3 Å². The molecule has 5 nitrogen and oxygen atoms in total. The van der Waals surface area contributed by atoms with Crippen molar-refractivity contribution < 1.29 is 23.7 Å². The molecule has 1 aliphatic rings. The van der Waals surface area contributed by atoms with Crippen molar-refractivity contribution in [3.63, 3.8) is 0 Å². The van der Waals surface area contributed by atoms with Crippen LogP contribution in [0.2, 0.25) is 0 Å². The molecule has 0 amide bonds. The van der Waals surface area contributed by atoms with E-state index >= 15 is 0 Å². The fourth-order valence-corrected chi connectivity index (χ4v) is 4.03. The van der Waals surface area contributed by atoms with Gasteiger partial charge in [0.05, 0.1) is 26.4 Å². The van der Waals surface area contributed by atoms with Gasteiger partial charge in [-0.2, -0.15) is 0 Å². The molecule has 3 atom stereocenters. The van der Waals surface area contributed by atoms with Crippen LogP contribution in [0, 0.1) is 5.92 Å². The van der Waals surface area contributed by atoms with Crippen LogP contribution < -0.4 is 4.74 Å². The summed E-state index contributed by atoms with van der Waals surface area (Å²) in [6.45, 7) is 8.31. The van der Waals surface area contributed by atoms with Crippen molar-refractivity contribution in [2.75, 3.05) is 20.3 Å². The van der Waals surface area contributed by atoms with Crippen LogP contribution in [0.4, 0.5) is 0 Å². The van der Waals surface area contributed by atoms with Gasteiger partial charge in [0.15, 0.2) is 5.79 Å². The molecule has 0 aromatic heterocycles. The summed E-state index contributed by atoms with van der Waals surface area (Å²) in [4.78, 5) is 13.7. The highest BCUT2D eigenvalue weighted by Crippen LogP contribution is 2.37. The predicted molar refractivity (Wildman–Crippen MR) is 102 cm³/mol. The van der Waals surface area contributed by atoms with Crippen LogP contribution in [-0.2, 0) is 19.0 Å². The number of methoxy groups -OCH3 is 1. The highest BCUT2D eigenvalue weighted by Gasteiger charge is 2.42. The zero-order valence-electron chi connectivity index (χ0n) is 16.1. The van der Waals surface area contributed by atoms with Gasteiger partial charge in [-0.05, 0) is 52.0 Å². The maximum absolute atomic E-state index is 12.7. The lowest BCUT2D eigenvalue weighted by Crippen LogP contribution is -2.37. The molecule has 0 aliphatic carbocycles. The van der Waals surface area contributed by atoms with E-state index in [9.17, 15) is 4.79 Å². The minimum atomic E-state index is -0.644. The van der Waals surface area contributed by atoms with Crippen molar-refractivity contribution in [3.05, 3.63) is 36.4 Å². The standard InChI is InChI=1S/C20H28O5S/c1-6-8-16(17-13-24-20(3,4)25-17)18(19(21)23-7-2)26-15-11-9-14(22-5)10-12-15/h6,8-12,16-18H,7,13H2,1-5H3/b8-6+/t16?,17?,18-/m0/s1. The molecule has 1 aromatic carbocycles. The van der Waals surface area contributed by atoms with E-state index in [1.165, 1.54) is 11.8 Å². The van der Waals surface area contributed by atoms with Crippen molar-refractivity contribution in [2.24, 2.45) is 5.92 Å². The van der Waals surface area contributed by atoms with Crippen molar-refractivity contribution >= 4 is 17.7 Å². The Kier molecular flexibility index (Phi) is 7.55. The number of carbonyl (C=O) groups is 1. The lowest BCUT2D eigenvalue weighted by atomic mass is 9.97. The van der Waals surface area contributed by atoms with Crippen LogP contribution in [0.3, 0.4) is 0 Å². The van der Waals surface area contributed by atoms with Gasteiger partial charge in [0.1, 0.15) is 11.0 Å². The Balaban J connectivity index is 2.26. The van der Waals surface area contributed by atoms with Gasteiger partial charge in [0.2, 0.25) is 0 Å². The average Bonchev–Trinajstić information content (AvgIpc) is 2.98. The van der Waals surface area contributed by atoms with E-state index in [0.29, 0.717) is 13.2 Å². The molecule has 1 aliphatic heterocycles. The Morgan fingerprint density at radius 1 is 1.38 bits per heavy atom. The number of ether oxygens (including phenoxy) is 4. The molecule has 2 unspecified atom stereocenters. The molecule has 1 saturated heterocycles. The lowest BCUT2D eigenvalue weighted by molar-refractivity contribution is -0.150. The zero-order chi connectivity index (χ0) is 19.2. The molecule has 0 radical (unpaired) electrons. The second-order valence-electron chi connectivity index (χ2n) is 6.44. The largest absolute Gasteiger partial charge is 0.497 e. The van der Waals surface area contributed by atoms with Crippen molar-refractivity contribution in [2.45, 2.75) is 49.7 Å². The first-order valence-electron chi connectivity index (χ1n) is 8.82. The summed E-state index contributed by atoms with van der Waals surface area (Å²) in [7, 11) is 1.63. The van der Waals surface area contributed by atoms with Crippen LogP contribution >= 0.6 is 11.8 Å². The second-order valence-corrected chi connectivity index (χ2v) is 7.65. The highest BCUT2D eigenvalue weighted by molar-refractivity contribution is 8.00. The number of hydrogen-bond donors (Lipinski definition) is 0. The van der Waals surface area contributed by atoms with Crippen molar-refractivity contribution in [1.29, 1.82) is 0 Å². The SMILES string of the molecule is C/C=C/C(C1COC(C)(C)O1)[C@H](Sc1ccc(OC)cc1)C(=O)OCC. The number of hydrogen-bond acceptors (Lipinski definition) is 6. The molecule has 1 fully saturated rings. The van der Waals surface area contributed by atoms with Gasteiger partial charge < -0.3 is 18.9 Å². The predicted octanol–water partition coefficient (Wildman–Crippen LogP) is 4.06. The first-order valence-corrected chi connectivity index (χ1v) is 9.70. The molecule has 0 saturated carbocycles. The van der Waals surface area contributed by atoms with E-state index in [1.807, 2.05) is 64.1 Å². The average molecular weight is 381 g/mol. The van der Waals surface area contributed by atoms with Gasteiger partial charge in [0, 0.05) is 10.8 Å². The number of thioether (sulfide) groups is 1. The molecule has 0 N–H and O–H groups in total. The highest BCUT2D eigenvalue weighted by atomic mass is 32.2. The summed E-state index contributed by atoms with van der Waals surface area (Å²) in [5.74, 6) is -0.270. The third-order valence-corrected chi connectivity index (χ3v) is 5.37. The van der Waals surface area contributed by atoms with Crippen molar-refractivity contribution in [1.82, 2.24) is 0 Å². The number of carbonyl (C=O) groups excluding carboxylic acids is 1. The minimum absolute atomic E-state index is 0.159. The summed E-state index contributed by atoms with van der Waals surface area (Å²) in [5.41, 5.74) is 0. The van der Waals surface area contributed by atoms with Gasteiger partial charge in [-0.3, -0.25) is 4.79 Å². The summed E-state index contributed by atoms with van der Waals surface area (Å²) in [5, 5.41) is -0.429. The molecular weight excluding hydrogens is 352 g/mol. The first-order chi connectivity index (χ1) is 12.4. The maximum atomic E-state index is 12.7. The maximum Gasteiger partial charge on any atom is 0.320 e. The summed E-state index contributed by atoms with van der Waals surface area (Å²) < 4.78 is 22.3. The Morgan fingerprint density at radius 3 is 2.58 bits per heavy atom. The second kappa shape index (κ2) is 9.44. The fraction of sp³-hybridized carbons (Fsp3) is 0.550. The van der Waals surface area contributed by atoms with E-state index in [0.717, 1.165) is 10.6 Å². The van der Waals surface area contributed by atoms with Gasteiger partial charge in [0.25, 0.3) is 0 Å². The van der Waals surface area contributed by atoms with E-state index in [2.05, 4.69) is 0 Å². The van der Waals surface area contributed by atoms with E-state index < -0.39 is 11.0 Å². The van der Waals surface area contributed by atoms with Crippen LogP contribution in [0.5, 0.6) is 5.75 Å². The van der Waals surface area contributed by atoms with E-state index in [1.54, 1.807) is 7.11 Å². The Morgan fingerprint density at radius 2 is 2.08 bits per heavy atom. The molecule has 26 heavy (non-hydrogen) atoms. The van der Waals surface area contributed by atoms with Crippen LogP contribution in [0.25, 0.3) is 0 Å². The third kappa shape index (κ3) is 5.50. The topological polar surface area (TPSA) is 54.0 Å². The minimum Gasteiger partial charge on any atom is -0.497 e. The lowest BCUT2D eigenvalue weighted by Gasteiger charge is -2.27. The number of allylic oxidation sites excluding steroid dienone is 1. The zero-order valence-corrected chi connectivity index (χ0v) is 16.9. The smallest absolute Gasteiger partial charge is 0.320 e. The monoisotopic (exact) mass is 380 g/mol.